The summed E-state index contributed by atoms with van der Waals surface area (Å²) in [4.78, 5) is 0. The molecule has 0 aliphatic carbocycles. The van der Waals surface area contributed by atoms with Gasteiger partial charge in [0.1, 0.15) is 0 Å². The first kappa shape index (κ1) is 38.3. The van der Waals surface area contributed by atoms with Crippen molar-refractivity contribution in [2.24, 2.45) is 0 Å². The van der Waals surface area contributed by atoms with Crippen LogP contribution in [0.25, 0.3) is 65.3 Å². The van der Waals surface area contributed by atoms with Gasteiger partial charge in [0.2, 0.25) is 0 Å². The van der Waals surface area contributed by atoms with Gasteiger partial charge in [0.05, 0.1) is 0 Å². The van der Waals surface area contributed by atoms with E-state index < -0.39 is 0 Å². The third kappa shape index (κ3) is 8.29. The third-order valence-corrected chi connectivity index (χ3v) is 9.42. The Bertz CT molecular complexity index is 2080. The van der Waals surface area contributed by atoms with Gasteiger partial charge >= 0.3 is 26.2 Å². The SMILES string of the molecule is CCCCc1cc2c(-c3cccc4ccccc34)cccc2[cH-]1.CCCCc1cc2c(-c3cccc4ccccc34)cccc2[cH-]1.[Cl-].[Cl-].[Zr+4]. The normalized spacial score (nSPS) is 10.7. The van der Waals surface area contributed by atoms with Crippen LogP contribution in [0.3, 0.4) is 0 Å². The molecular weight excluding hydrogens is 715 g/mol. The minimum Gasteiger partial charge on any atom is -1.00 e. The molecule has 0 amide bonds. The zero-order valence-electron chi connectivity index (χ0n) is 28.4. The van der Waals surface area contributed by atoms with Gasteiger partial charge in [-0.1, -0.05) is 148 Å². The summed E-state index contributed by atoms with van der Waals surface area (Å²) in [6.45, 7) is 4.51. The van der Waals surface area contributed by atoms with Crippen LogP contribution in [0.1, 0.15) is 50.7 Å². The van der Waals surface area contributed by atoms with Crippen LogP contribution in [0.5, 0.6) is 0 Å². The van der Waals surface area contributed by atoms with Crippen LogP contribution >= 0.6 is 0 Å². The number of hydrogen-bond acceptors (Lipinski definition) is 0. The van der Waals surface area contributed by atoms with E-state index in [0.29, 0.717) is 0 Å². The minimum atomic E-state index is 0. The van der Waals surface area contributed by atoms with Crippen molar-refractivity contribution in [2.75, 3.05) is 0 Å². The van der Waals surface area contributed by atoms with Gasteiger partial charge in [0, 0.05) is 0 Å². The van der Waals surface area contributed by atoms with Crippen molar-refractivity contribution < 1.29 is 51.0 Å². The average molecular weight is 757 g/mol. The van der Waals surface area contributed by atoms with E-state index in [9.17, 15) is 0 Å². The molecule has 8 aromatic carbocycles. The zero-order valence-corrected chi connectivity index (χ0v) is 32.3. The second kappa shape index (κ2) is 18.0. The largest absolute Gasteiger partial charge is 4.00 e. The molecule has 0 radical (unpaired) electrons. The van der Waals surface area contributed by atoms with E-state index in [2.05, 4.69) is 159 Å². The number of fused-ring (bicyclic) bond motifs is 4. The first-order chi connectivity index (χ1) is 22.7. The smallest absolute Gasteiger partial charge is 1.00 e. The van der Waals surface area contributed by atoms with Gasteiger partial charge in [-0.2, -0.15) is 12.1 Å². The molecule has 0 N–H and O–H groups in total. The standard InChI is InChI=1S/2C23H21.2ClH.Zr/c2*1-2-3-8-17-15-19-11-7-14-22(23(19)16-17)21-13-6-10-18-9-4-5-12-20(18)21;;;/h2*4-7,9-16H,2-3,8H2,1H3;2*1H;/q2*-1;;;+4/p-2. The van der Waals surface area contributed by atoms with E-state index in [-0.39, 0.29) is 51.0 Å². The number of halogens is 2. The van der Waals surface area contributed by atoms with E-state index in [1.54, 1.807) is 0 Å². The second-order valence-corrected chi connectivity index (χ2v) is 12.6. The molecule has 0 unspecified atom stereocenters. The number of rotatable bonds is 8. The topological polar surface area (TPSA) is 0 Å². The molecule has 0 heterocycles. The predicted octanol–water partition coefficient (Wildman–Crippen LogP) is 7.45. The molecule has 8 rings (SSSR count). The molecule has 0 bridgehead atoms. The van der Waals surface area contributed by atoms with Crippen LogP contribution < -0.4 is 24.8 Å². The number of aryl methyl sites for hydroxylation is 2. The van der Waals surface area contributed by atoms with Gasteiger partial charge in [-0.15, -0.1) is 69.1 Å². The molecule has 0 aliphatic heterocycles. The van der Waals surface area contributed by atoms with Crippen molar-refractivity contribution in [3.63, 3.8) is 0 Å². The van der Waals surface area contributed by atoms with Crippen LogP contribution in [0.4, 0.5) is 0 Å². The summed E-state index contributed by atoms with van der Waals surface area (Å²) in [7, 11) is 0. The molecule has 3 heteroatoms. The summed E-state index contributed by atoms with van der Waals surface area (Å²) in [6, 6.07) is 53.4. The van der Waals surface area contributed by atoms with Gasteiger partial charge < -0.3 is 24.8 Å². The van der Waals surface area contributed by atoms with Crippen LogP contribution in [0.15, 0.2) is 146 Å². The molecule has 244 valence electrons. The van der Waals surface area contributed by atoms with Gasteiger partial charge in [0.15, 0.2) is 0 Å². The van der Waals surface area contributed by atoms with Crippen LogP contribution in [-0.2, 0) is 39.0 Å². The summed E-state index contributed by atoms with van der Waals surface area (Å²) < 4.78 is 0. The van der Waals surface area contributed by atoms with Crippen molar-refractivity contribution in [2.45, 2.75) is 52.4 Å². The van der Waals surface area contributed by atoms with Crippen LogP contribution in [-0.4, -0.2) is 0 Å². The minimum absolute atomic E-state index is 0. The van der Waals surface area contributed by atoms with Gasteiger partial charge in [-0.05, 0) is 45.5 Å². The van der Waals surface area contributed by atoms with E-state index in [4.69, 9.17) is 0 Å². The molecule has 8 aromatic rings. The van der Waals surface area contributed by atoms with Gasteiger partial charge in [-0.25, -0.2) is 0 Å². The molecule has 0 atom stereocenters. The molecule has 0 aliphatic rings. The van der Waals surface area contributed by atoms with E-state index in [1.807, 2.05) is 0 Å². The van der Waals surface area contributed by atoms with Crippen molar-refractivity contribution in [3.8, 4) is 22.3 Å². The summed E-state index contributed by atoms with van der Waals surface area (Å²) in [5.74, 6) is 0. The molecule has 0 aromatic heterocycles. The molecule has 0 spiro atoms. The summed E-state index contributed by atoms with van der Waals surface area (Å²) in [6.07, 6.45) is 7.38. The maximum absolute atomic E-state index is 2.39. The number of benzene rings is 6. The summed E-state index contributed by atoms with van der Waals surface area (Å²) in [5.41, 5.74) is 8.30. The van der Waals surface area contributed by atoms with Crippen molar-refractivity contribution in [3.05, 3.63) is 157 Å². The Morgan fingerprint density at radius 2 is 0.755 bits per heavy atom. The Labute approximate surface area is 323 Å². The van der Waals surface area contributed by atoms with Crippen molar-refractivity contribution in [1.82, 2.24) is 0 Å². The second-order valence-electron chi connectivity index (χ2n) is 12.6. The Hall–Kier alpha value is -3.48. The molecule has 0 fully saturated rings. The van der Waals surface area contributed by atoms with E-state index >= 15 is 0 Å². The Balaban J connectivity index is 0.000000208. The average Bonchev–Trinajstić information content (AvgIpc) is 3.73. The van der Waals surface area contributed by atoms with Crippen LogP contribution in [0.2, 0.25) is 0 Å². The first-order valence-corrected chi connectivity index (χ1v) is 17.1. The molecular formula is C46H42Cl2Zr. The molecule has 0 saturated carbocycles. The van der Waals surface area contributed by atoms with Gasteiger partial charge in [-0.3, -0.25) is 0 Å². The fraction of sp³-hybridized carbons (Fsp3) is 0.174. The Kier molecular flexibility index (Phi) is 14.0. The van der Waals surface area contributed by atoms with Crippen molar-refractivity contribution >= 4 is 43.1 Å². The Morgan fingerprint density at radius 3 is 1.16 bits per heavy atom. The fourth-order valence-corrected chi connectivity index (χ4v) is 7.03. The quantitative estimate of drug-likeness (QED) is 0.142. The number of unbranched alkanes of at least 4 members (excludes halogenated alkanes) is 2. The monoisotopic (exact) mass is 754 g/mol. The fourth-order valence-electron chi connectivity index (χ4n) is 7.03. The first-order valence-electron chi connectivity index (χ1n) is 17.1. The van der Waals surface area contributed by atoms with E-state index in [0.717, 1.165) is 0 Å². The van der Waals surface area contributed by atoms with Crippen molar-refractivity contribution in [1.29, 1.82) is 0 Å². The maximum atomic E-state index is 2.39. The third-order valence-electron chi connectivity index (χ3n) is 9.42. The zero-order chi connectivity index (χ0) is 31.3. The predicted molar refractivity (Wildman–Crippen MR) is 202 cm³/mol. The Morgan fingerprint density at radius 1 is 0.408 bits per heavy atom. The molecule has 0 saturated heterocycles. The number of hydrogen-bond donors (Lipinski definition) is 0. The summed E-state index contributed by atoms with van der Waals surface area (Å²) in [5, 5.41) is 10.8. The van der Waals surface area contributed by atoms with E-state index in [1.165, 1.54) is 115 Å². The molecule has 0 nitrogen and oxygen atoms in total. The maximum Gasteiger partial charge on any atom is 4.00 e. The van der Waals surface area contributed by atoms with Gasteiger partial charge in [0.25, 0.3) is 0 Å². The molecule has 49 heavy (non-hydrogen) atoms. The van der Waals surface area contributed by atoms with Crippen LogP contribution in [0, 0.1) is 0 Å². The summed E-state index contributed by atoms with van der Waals surface area (Å²) >= 11 is 0.